The Kier molecular flexibility index (Phi) is 5.71. The largest absolute Gasteiger partial charge is 0.378 e. The lowest BCUT2D eigenvalue weighted by molar-refractivity contribution is 0.353. The molecule has 0 N–H and O–H groups in total. The first kappa shape index (κ1) is 18.2. The van der Waals surface area contributed by atoms with E-state index in [0.29, 0.717) is 12.1 Å². The summed E-state index contributed by atoms with van der Waals surface area (Å²) in [6.07, 6.45) is 6.21. The molecule has 0 aliphatic heterocycles. The number of nitrogens with zero attached hydrogens (tertiary/aromatic N) is 4. The molecule has 0 saturated heterocycles. The van der Waals surface area contributed by atoms with Crippen LogP contribution in [0.3, 0.4) is 0 Å². The number of rotatable bonds is 6. The highest BCUT2D eigenvalue weighted by molar-refractivity contribution is 5.81. The third kappa shape index (κ3) is 4.51. The molecule has 136 valence electrons. The molecule has 0 bridgehead atoms. The van der Waals surface area contributed by atoms with Crippen LogP contribution in [0, 0.1) is 0 Å². The van der Waals surface area contributed by atoms with Gasteiger partial charge in [0.15, 0.2) is 0 Å². The Bertz CT molecular complexity index is 690. The van der Waals surface area contributed by atoms with E-state index in [4.69, 9.17) is 9.98 Å². The summed E-state index contributed by atoms with van der Waals surface area (Å²) in [5.41, 5.74) is 4.69. The molecule has 26 heavy (non-hydrogen) atoms. The van der Waals surface area contributed by atoms with Crippen molar-refractivity contribution >= 4 is 23.8 Å². The minimum absolute atomic E-state index is 0.306. The van der Waals surface area contributed by atoms with Crippen LogP contribution in [0.1, 0.15) is 24.0 Å². The van der Waals surface area contributed by atoms with Crippen LogP contribution in [0.15, 0.2) is 58.5 Å². The minimum Gasteiger partial charge on any atom is -0.378 e. The van der Waals surface area contributed by atoms with Gasteiger partial charge in [-0.05, 0) is 48.2 Å². The second-order valence-corrected chi connectivity index (χ2v) is 7.24. The van der Waals surface area contributed by atoms with Crippen LogP contribution < -0.4 is 9.80 Å². The molecular formula is C22H28N4. The molecule has 2 aromatic carbocycles. The van der Waals surface area contributed by atoms with E-state index in [1.54, 1.807) is 0 Å². The van der Waals surface area contributed by atoms with Gasteiger partial charge in [-0.2, -0.15) is 0 Å². The average molecular weight is 348 g/mol. The van der Waals surface area contributed by atoms with Gasteiger partial charge in [-0.1, -0.05) is 24.3 Å². The molecule has 0 spiro atoms. The van der Waals surface area contributed by atoms with E-state index in [1.807, 2.05) is 40.6 Å². The van der Waals surface area contributed by atoms with Gasteiger partial charge in [-0.15, -0.1) is 0 Å². The van der Waals surface area contributed by atoms with Crippen LogP contribution >= 0.6 is 0 Å². The summed E-state index contributed by atoms with van der Waals surface area (Å²) in [4.78, 5) is 13.7. The molecule has 0 radical (unpaired) electrons. The van der Waals surface area contributed by atoms with Crippen LogP contribution in [-0.4, -0.2) is 52.7 Å². The van der Waals surface area contributed by atoms with E-state index in [0.717, 1.165) is 24.0 Å². The van der Waals surface area contributed by atoms with E-state index >= 15 is 0 Å². The van der Waals surface area contributed by atoms with Gasteiger partial charge in [0.05, 0.1) is 12.1 Å². The van der Waals surface area contributed by atoms with E-state index in [-0.39, 0.29) is 0 Å². The fraction of sp³-hybridized carbons (Fsp3) is 0.364. The van der Waals surface area contributed by atoms with Crippen molar-refractivity contribution in [2.45, 2.75) is 24.9 Å². The van der Waals surface area contributed by atoms with Crippen LogP contribution in [0.5, 0.6) is 0 Å². The Morgan fingerprint density at radius 3 is 1.27 bits per heavy atom. The predicted octanol–water partition coefficient (Wildman–Crippen LogP) is 3.89. The number of aliphatic imine (C=N–C) groups is 2. The Labute approximate surface area is 156 Å². The average Bonchev–Trinajstić information content (AvgIpc) is 2.62. The fourth-order valence-electron chi connectivity index (χ4n) is 2.89. The molecule has 0 heterocycles. The highest BCUT2D eigenvalue weighted by Gasteiger charge is 2.29. The summed E-state index contributed by atoms with van der Waals surface area (Å²) < 4.78 is 0. The third-order valence-corrected chi connectivity index (χ3v) is 4.85. The molecule has 2 aromatic rings. The van der Waals surface area contributed by atoms with E-state index in [1.165, 1.54) is 11.4 Å². The van der Waals surface area contributed by atoms with Gasteiger partial charge >= 0.3 is 0 Å². The lowest BCUT2D eigenvalue weighted by Crippen LogP contribution is -2.34. The molecule has 4 nitrogen and oxygen atoms in total. The molecule has 2 atom stereocenters. The van der Waals surface area contributed by atoms with Gasteiger partial charge in [0, 0.05) is 52.0 Å². The molecule has 0 unspecified atom stereocenters. The van der Waals surface area contributed by atoms with Crippen molar-refractivity contribution in [2.24, 2.45) is 9.98 Å². The molecule has 1 fully saturated rings. The quantitative estimate of drug-likeness (QED) is 0.742. The lowest BCUT2D eigenvalue weighted by atomic mass is 9.87. The SMILES string of the molecule is CN(C)c1ccc(C=N[C@H]2CC[C@H]2N=Cc2ccc(N(C)C)cc2)cc1. The first-order valence-corrected chi connectivity index (χ1v) is 9.14. The summed E-state index contributed by atoms with van der Waals surface area (Å²) in [7, 11) is 8.20. The molecule has 3 rings (SSSR count). The smallest absolute Gasteiger partial charge is 0.0723 e. The molecule has 4 heteroatoms. The van der Waals surface area contributed by atoms with Crippen LogP contribution in [-0.2, 0) is 0 Å². The third-order valence-electron chi connectivity index (χ3n) is 4.85. The Morgan fingerprint density at radius 2 is 1.00 bits per heavy atom. The number of hydrogen-bond donors (Lipinski definition) is 0. The van der Waals surface area contributed by atoms with Crippen molar-refractivity contribution in [3.63, 3.8) is 0 Å². The zero-order chi connectivity index (χ0) is 18.5. The van der Waals surface area contributed by atoms with E-state index in [9.17, 15) is 0 Å². The van der Waals surface area contributed by atoms with E-state index < -0.39 is 0 Å². The summed E-state index contributed by atoms with van der Waals surface area (Å²) >= 11 is 0. The Balaban J connectivity index is 1.57. The van der Waals surface area contributed by atoms with Gasteiger partial charge in [0.25, 0.3) is 0 Å². The molecular weight excluding hydrogens is 320 g/mol. The van der Waals surface area contributed by atoms with E-state index in [2.05, 4.69) is 58.3 Å². The number of anilines is 2. The van der Waals surface area contributed by atoms with Crippen molar-refractivity contribution in [3.8, 4) is 0 Å². The van der Waals surface area contributed by atoms with Gasteiger partial charge in [0.1, 0.15) is 0 Å². The first-order valence-electron chi connectivity index (χ1n) is 9.14. The van der Waals surface area contributed by atoms with Gasteiger partial charge in [-0.25, -0.2) is 0 Å². The predicted molar refractivity (Wildman–Crippen MR) is 114 cm³/mol. The van der Waals surface area contributed by atoms with Crippen LogP contribution in [0.4, 0.5) is 11.4 Å². The topological polar surface area (TPSA) is 31.2 Å². The first-order chi connectivity index (χ1) is 12.5. The fourth-order valence-corrected chi connectivity index (χ4v) is 2.89. The standard InChI is InChI=1S/C22H28N4/c1-25(2)19-9-5-17(6-10-19)15-23-21-13-14-22(21)24-16-18-7-11-20(12-8-18)26(3)4/h5-12,15-16,21-22H,13-14H2,1-4H3/t21-,22+. The zero-order valence-corrected chi connectivity index (χ0v) is 16.1. The second-order valence-electron chi connectivity index (χ2n) is 7.24. The maximum absolute atomic E-state index is 4.75. The Hall–Kier alpha value is -2.62. The minimum atomic E-state index is 0.306. The van der Waals surface area contributed by atoms with Crippen LogP contribution in [0.2, 0.25) is 0 Å². The summed E-state index contributed by atoms with van der Waals surface area (Å²) in [6, 6.07) is 17.5. The molecule has 0 aromatic heterocycles. The monoisotopic (exact) mass is 348 g/mol. The molecule has 1 saturated carbocycles. The number of benzene rings is 2. The van der Waals surface area contributed by atoms with Gasteiger partial charge < -0.3 is 9.80 Å². The van der Waals surface area contributed by atoms with Crippen molar-refractivity contribution < 1.29 is 0 Å². The molecule has 0 amide bonds. The maximum atomic E-state index is 4.75. The number of hydrogen-bond acceptors (Lipinski definition) is 4. The second kappa shape index (κ2) is 8.17. The normalized spacial score (nSPS) is 19.7. The van der Waals surface area contributed by atoms with Crippen molar-refractivity contribution in [2.75, 3.05) is 38.0 Å². The van der Waals surface area contributed by atoms with Gasteiger partial charge in [-0.3, -0.25) is 9.98 Å². The van der Waals surface area contributed by atoms with Crippen molar-refractivity contribution in [1.29, 1.82) is 0 Å². The summed E-state index contributed by atoms with van der Waals surface area (Å²) in [6.45, 7) is 0. The summed E-state index contributed by atoms with van der Waals surface area (Å²) in [5.74, 6) is 0. The maximum Gasteiger partial charge on any atom is 0.0723 e. The molecule has 1 aliphatic carbocycles. The van der Waals surface area contributed by atoms with Crippen LogP contribution in [0.25, 0.3) is 0 Å². The summed E-state index contributed by atoms with van der Waals surface area (Å²) in [5, 5.41) is 0. The molecule has 1 aliphatic rings. The zero-order valence-electron chi connectivity index (χ0n) is 16.1. The highest BCUT2D eigenvalue weighted by Crippen LogP contribution is 2.26. The lowest BCUT2D eigenvalue weighted by Gasteiger charge is -2.30. The highest BCUT2D eigenvalue weighted by atomic mass is 15.1. The Morgan fingerprint density at radius 1 is 0.654 bits per heavy atom. The van der Waals surface area contributed by atoms with Gasteiger partial charge in [0.2, 0.25) is 0 Å². The van der Waals surface area contributed by atoms with Crippen molar-refractivity contribution in [1.82, 2.24) is 0 Å². The van der Waals surface area contributed by atoms with Crippen molar-refractivity contribution in [3.05, 3.63) is 59.7 Å².